The van der Waals surface area contributed by atoms with Crippen LogP contribution < -0.4 is 4.74 Å². The number of hydrogen-bond donors (Lipinski definition) is 0. The minimum absolute atomic E-state index is 0.150. The summed E-state index contributed by atoms with van der Waals surface area (Å²) in [6, 6.07) is 6.63. The van der Waals surface area contributed by atoms with E-state index in [1.807, 2.05) is 6.07 Å². The zero-order chi connectivity index (χ0) is 13.1. The normalized spacial score (nSPS) is 17.3. The van der Waals surface area contributed by atoms with Crippen LogP contribution in [0.5, 0.6) is 5.75 Å². The number of nitrogens with zero attached hydrogens (tertiary/aromatic N) is 1. The van der Waals surface area contributed by atoms with Crippen molar-refractivity contribution in [2.45, 2.75) is 12.8 Å². The molecule has 5 heteroatoms. The quantitative estimate of drug-likeness (QED) is 0.577. The fourth-order valence-corrected chi connectivity index (χ4v) is 1.86. The van der Waals surface area contributed by atoms with E-state index in [9.17, 15) is 9.59 Å². The molecule has 0 fully saturated rings. The van der Waals surface area contributed by atoms with Crippen molar-refractivity contribution in [3.63, 3.8) is 0 Å². The van der Waals surface area contributed by atoms with Crippen LogP contribution in [0, 0.1) is 11.3 Å². The van der Waals surface area contributed by atoms with E-state index in [4.69, 9.17) is 14.7 Å². The van der Waals surface area contributed by atoms with Crippen molar-refractivity contribution >= 4 is 11.8 Å². The van der Waals surface area contributed by atoms with Gasteiger partial charge in [-0.3, -0.25) is 9.59 Å². The molecule has 1 heterocycles. The van der Waals surface area contributed by atoms with Gasteiger partial charge in [0, 0.05) is 5.56 Å². The van der Waals surface area contributed by atoms with E-state index in [0.717, 1.165) is 0 Å². The fraction of sp³-hybridized carbons (Fsp3) is 0.308. The zero-order valence-electron chi connectivity index (χ0n) is 9.80. The second-order valence-electron chi connectivity index (χ2n) is 3.80. The van der Waals surface area contributed by atoms with Gasteiger partial charge in [-0.2, -0.15) is 5.26 Å². The van der Waals surface area contributed by atoms with Gasteiger partial charge < -0.3 is 9.47 Å². The van der Waals surface area contributed by atoms with Gasteiger partial charge in [-0.05, 0) is 25.1 Å². The van der Waals surface area contributed by atoms with E-state index in [0.29, 0.717) is 16.9 Å². The predicted octanol–water partition coefficient (Wildman–Crippen LogP) is 1.17. The van der Waals surface area contributed by atoms with Crippen molar-refractivity contribution in [3.8, 4) is 11.8 Å². The minimum Gasteiger partial charge on any atom is -0.485 e. The summed E-state index contributed by atoms with van der Waals surface area (Å²) in [6.07, 6.45) is 0. The van der Waals surface area contributed by atoms with E-state index in [-0.39, 0.29) is 19.0 Å². The monoisotopic (exact) mass is 245 g/mol. The molecule has 0 amide bonds. The van der Waals surface area contributed by atoms with Crippen molar-refractivity contribution in [2.75, 3.05) is 13.2 Å². The van der Waals surface area contributed by atoms with Gasteiger partial charge in [0.1, 0.15) is 18.3 Å². The average molecular weight is 245 g/mol. The smallest absolute Gasteiger partial charge is 0.321 e. The van der Waals surface area contributed by atoms with Gasteiger partial charge in [-0.25, -0.2) is 0 Å². The largest absolute Gasteiger partial charge is 0.485 e. The maximum Gasteiger partial charge on any atom is 0.321 e. The van der Waals surface area contributed by atoms with E-state index in [1.165, 1.54) is 6.07 Å². The Hall–Kier alpha value is -2.35. The summed E-state index contributed by atoms with van der Waals surface area (Å²) in [6.45, 7) is 1.73. The molecule has 92 valence electrons. The fourth-order valence-electron chi connectivity index (χ4n) is 1.86. The molecule has 1 aromatic rings. The Labute approximate surface area is 104 Å². The molecular weight excluding hydrogens is 234 g/mol. The highest BCUT2D eigenvalue weighted by Gasteiger charge is 2.36. The molecule has 1 atom stereocenters. The van der Waals surface area contributed by atoms with Crippen molar-refractivity contribution < 1.29 is 19.1 Å². The van der Waals surface area contributed by atoms with Crippen LogP contribution in [0.3, 0.4) is 0 Å². The first-order valence-corrected chi connectivity index (χ1v) is 5.53. The van der Waals surface area contributed by atoms with Crippen LogP contribution in [0.4, 0.5) is 0 Å². The molecule has 1 aromatic carbocycles. The molecule has 0 aliphatic carbocycles. The summed E-state index contributed by atoms with van der Waals surface area (Å²) in [4.78, 5) is 23.6. The molecule has 1 aliphatic rings. The summed E-state index contributed by atoms with van der Waals surface area (Å²) >= 11 is 0. The number of nitriles is 1. The third kappa shape index (κ3) is 2.05. The molecule has 0 spiro atoms. The minimum atomic E-state index is -0.984. The first-order valence-electron chi connectivity index (χ1n) is 5.53. The third-order valence-corrected chi connectivity index (χ3v) is 2.66. The van der Waals surface area contributed by atoms with Crippen LogP contribution in [-0.4, -0.2) is 25.0 Å². The molecular formula is C13H11NO4. The highest BCUT2D eigenvalue weighted by Crippen LogP contribution is 2.33. The number of esters is 1. The molecule has 0 bridgehead atoms. The second-order valence-corrected chi connectivity index (χ2v) is 3.80. The second kappa shape index (κ2) is 4.88. The molecule has 0 aromatic heterocycles. The zero-order valence-corrected chi connectivity index (χ0v) is 9.80. The maximum absolute atomic E-state index is 11.8. The Bertz CT molecular complexity index is 544. The van der Waals surface area contributed by atoms with Crippen LogP contribution >= 0.6 is 0 Å². The average Bonchev–Trinajstić information content (AvgIpc) is 2.38. The number of ketones is 1. The Morgan fingerprint density at radius 3 is 3.06 bits per heavy atom. The van der Waals surface area contributed by atoms with Crippen molar-refractivity contribution in [1.82, 2.24) is 0 Å². The van der Waals surface area contributed by atoms with Crippen LogP contribution in [0.2, 0.25) is 0 Å². The van der Waals surface area contributed by atoms with Crippen LogP contribution in [0.1, 0.15) is 24.0 Å². The highest BCUT2D eigenvalue weighted by molar-refractivity contribution is 6.06. The van der Waals surface area contributed by atoms with Gasteiger partial charge in [0.25, 0.3) is 0 Å². The van der Waals surface area contributed by atoms with Crippen LogP contribution in [0.25, 0.3) is 0 Å². The molecule has 5 nitrogen and oxygen atoms in total. The summed E-state index contributed by atoms with van der Waals surface area (Å²) in [5.41, 5.74) is 0.782. The first-order chi connectivity index (χ1) is 8.67. The molecule has 1 unspecified atom stereocenters. The SMILES string of the molecule is CCOC(=O)C1C(=O)COc2ccc(C#N)cc21. The number of fused-ring (bicyclic) bond motifs is 1. The number of hydrogen-bond acceptors (Lipinski definition) is 5. The third-order valence-electron chi connectivity index (χ3n) is 2.66. The first kappa shape index (κ1) is 12.1. The Kier molecular flexibility index (Phi) is 3.28. The van der Waals surface area contributed by atoms with Crippen LogP contribution in [0.15, 0.2) is 18.2 Å². The molecule has 18 heavy (non-hydrogen) atoms. The molecule has 0 saturated carbocycles. The summed E-state index contributed by atoms with van der Waals surface area (Å²) in [7, 11) is 0. The van der Waals surface area contributed by atoms with E-state index in [2.05, 4.69) is 0 Å². The summed E-state index contributed by atoms with van der Waals surface area (Å²) < 4.78 is 10.1. The number of carbonyl (C=O) groups is 2. The van der Waals surface area contributed by atoms with Gasteiger partial charge >= 0.3 is 5.97 Å². The van der Waals surface area contributed by atoms with Gasteiger partial charge in [0.15, 0.2) is 5.78 Å². The number of benzene rings is 1. The van der Waals surface area contributed by atoms with Gasteiger partial charge in [-0.15, -0.1) is 0 Å². The molecule has 0 radical (unpaired) electrons. The topological polar surface area (TPSA) is 76.4 Å². The summed E-state index contributed by atoms with van der Waals surface area (Å²) in [5, 5.41) is 8.84. The molecule has 1 aliphatic heterocycles. The van der Waals surface area contributed by atoms with E-state index >= 15 is 0 Å². The van der Waals surface area contributed by atoms with Crippen LogP contribution in [-0.2, 0) is 14.3 Å². The van der Waals surface area contributed by atoms with E-state index < -0.39 is 11.9 Å². The Balaban J connectivity index is 2.46. The number of Topliss-reactive ketones (excluding diaryl/α,β-unsaturated/α-hetero) is 1. The predicted molar refractivity (Wildman–Crippen MR) is 61.0 cm³/mol. The molecule has 0 N–H and O–H groups in total. The van der Waals surface area contributed by atoms with Gasteiger partial charge in [-0.1, -0.05) is 0 Å². The lowest BCUT2D eigenvalue weighted by atomic mass is 9.91. The number of carbonyl (C=O) groups excluding carboxylic acids is 2. The standard InChI is InChI=1S/C13H11NO4/c1-2-17-13(16)12-9-5-8(6-14)3-4-11(9)18-7-10(12)15/h3-5,12H,2,7H2,1H3. The number of ether oxygens (including phenoxy) is 2. The maximum atomic E-state index is 11.8. The van der Waals surface area contributed by atoms with E-state index in [1.54, 1.807) is 19.1 Å². The summed E-state index contributed by atoms with van der Waals surface area (Å²) in [5.74, 6) is -1.48. The van der Waals surface area contributed by atoms with Gasteiger partial charge in [0.2, 0.25) is 0 Å². The Morgan fingerprint density at radius 1 is 1.61 bits per heavy atom. The lowest BCUT2D eigenvalue weighted by molar-refractivity contribution is -0.149. The van der Waals surface area contributed by atoms with Gasteiger partial charge in [0.05, 0.1) is 18.2 Å². The number of rotatable bonds is 2. The lowest BCUT2D eigenvalue weighted by Crippen LogP contribution is -2.32. The van der Waals surface area contributed by atoms with Crippen molar-refractivity contribution in [1.29, 1.82) is 5.26 Å². The van der Waals surface area contributed by atoms with Crippen molar-refractivity contribution in [3.05, 3.63) is 29.3 Å². The molecule has 2 rings (SSSR count). The molecule has 0 saturated heterocycles. The highest BCUT2D eigenvalue weighted by atomic mass is 16.5. The Morgan fingerprint density at radius 2 is 2.39 bits per heavy atom. The van der Waals surface area contributed by atoms with Crippen molar-refractivity contribution in [2.24, 2.45) is 0 Å². The lowest BCUT2D eigenvalue weighted by Gasteiger charge is -2.23.